The van der Waals surface area contributed by atoms with Crippen molar-refractivity contribution in [2.45, 2.75) is 31.7 Å². The minimum Gasteiger partial charge on any atom is -0.454 e. The lowest BCUT2D eigenvalue weighted by Gasteiger charge is -2.45. The fourth-order valence-corrected chi connectivity index (χ4v) is 6.48. The van der Waals surface area contributed by atoms with Crippen LogP contribution in [0.2, 0.25) is 0 Å². The lowest BCUT2D eigenvalue weighted by molar-refractivity contribution is -0.159. The maximum absolute atomic E-state index is 13.8. The second kappa shape index (κ2) is 9.75. The topological polar surface area (TPSA) is 122 Å². The highest BCUT2D eigenvalue weighted by atomic mass is 16.5. The van der Waals surface area contributed by atoms with Crippen molar-refractivity contribution >= 4 is 41.0 Å². The molecule has 1 saturated heterocycles. The van der Waals surface area contributed by atoms with Crippen LogP contribution in [0.4, 0.5) is 11.4 Å². The molecule has 1 aliphatic heterocycles. The zero-order valence-electron chi connectivity index (χ0n) is 21.9. The van der Waals surface area contributed by atoms with Crippen LogP contribution in [0.3, 0.4) is 0 Å². The van der Waals surface area contributed by atoms with Crippen LogP contribution in [-0.4, -0.2) is 47.1 Å². The van der Waals surface area contributed by atoms with E-state index in [0.29, 0.717) is 11.4 Å². The number of ether oxygens (including phenoxy) is 1. The van der Waals surface area contributed by atoms with Crippen molar-refractivity contribution in [2.24, 2.45) is 11.8 Å². The first-order valence-electron chi connectivity index (χ1n) is 13.1. The Morgan fingerprint density at radius 2 is 1.18 bits per heavy atom. The molecule has 0 unspecified atom stereocenters. The van der Waals surface area contributed by atoms with E-state index in [1.165, 1.54) is 13.8 Å². The molecule has 9 heteroatoms. The number of likely N-dealkylation sites (tertiary alicyclic amines) is 1. The summed E-state index contributed by atoms with van der Waals surface area (Å²) in [5.41, 5.74) is 5.22. The van der Waals surface area contributed by atoms with Gasteiger partial charge in [-0.3, -0.25) is 24.1 Å². The zero-order valence-corrected chi connectivity index (χ0v) is 21.9. The molecule has 1 fully saturated rings. The summed E-state index contributed by atoms with van der Waals surface area (Å²) in [6, 6.07) is 21.1. The van der Waals surface area contributed by atoms with Gasteiger partial charge in [0.2, 0.25) is 17.7 Å². The van der Waals surface area contributed by atoms with Crippen molar-refractivity contribution in [3.05, 3.63) is 95.1 Å². The highest BCUT2D eigenvalue weighted by molar-refractivity contribution is 6.10. The summed E-state index contributed by atoms with van der Waals surface area (Å²) in [5.74, 6) is -4.13. The summed E-state index contributed by atoms with van der Waals surface area (Å²) >= 11 is 0. The number of nitrogens with zero attached hydrogens (tertiary/aromatic N) is 1. The maximum Gasteiger partial charge on any atom is 0.329 e. The molecular weight excluding hydrogens is 510 g/mol. The second-order valence-corrected chi connectivity index (χ2v) is 10.4. The molecular formula is C31H27N3O6. The third kappa shape index (κ3) is 4.05. The number of imide groups is 1. The fraction of sp³-hybridized carbons (Fsp3) is 0.258. The standard InChI is InChI=1S/C31H27N3O6/c1-16(31(39)40-15-24(36)33-19-13-11-18(12-14-19)32-17(2)35)34-29(37)27-25-20-7-3-4-8-21(20)26(28(27)30(34)38)23-10-6-5-9-22(23)25/h3-14,16,25-28H,15H2,1-2H3,(H,32,35)(H,33,36)/t16-,25?,26?,27+,28+/m0/s1. The summed E-state index contributed by atoms with van der Waals surface area (Å²) in [6.45, 7) is 2.27. The van der Waals surface area contributed by atoms with Crippen molar-refractivity contribution in [2.75, 3.05) is 17.2 Å². The number of carbonyl (C=O) groups is 5. The van der Waals surface area contributed by atoms with E-state index in [2.05, 4.69) is 10.6 Å². The molecule has 0 spiro atoms. The second-order valence-electron chi connectivity index (χ2n) is 10.4. The van der Waals surface area contributed by atoms with Crippen LogP contribution in [0.5, 0.6) is 0 Å². The van der Waals surface area contributed by atoms with E-state index in [0.717, 1.165) is 27.2 Å². The lowest BCUT2D eigenvalue weighted by atomic mass is 9.55. The van der Waals surface area contributed by atoms with Crippen LogP contribution >= 0.6 is 0 Å². The van der Waals surface area contributed by atoms with Crippen LogP contribution in [0.1, 0.15) is 47.9 Å². The minimum absolute atomic E-state index is 0.214. The van der Waals surface area contributed by atoms with E-state index in [4.69, 9.17) is 4.74 Å². The number of esters is 1. The number of nitrogens with one attached hydrogen (secondary N) is 2. The number of benzene rings is 3. The van der Waals surface area contributed by atoms with Crippen molar-refractivity contribution < 1.29 is 28.7 Å². The summed E-state index contributed by atoms with van der Waals surface area (Å²) in [7, 11) is 0. The molecule has 0 aromatic heterocycles. The van der Waals surface area contributed by atoms with Gasteiger partial charge >= 0.3 is 5.97 Å². The van der Waals surface area contributed by atoms with Crippen LogP contribution < -0.4 is 10.6 Å². The minimum atomic E-state index is -1.18. The van der Waals surface area contributed by atoms with Crippen LogP contribution in [0, 0.1) is 11.8 Å². The predicted octanol–water partition coefficient (Wildman–Crippen LogP) is 3.41. The molecule has 3 aliphatic carbocycles. The van der Waals surface area contributed by atoms with Gasteiger partial charge in [0.15, 0.2) is 6.61 Å². The first kappa shape index (κ1) is 25.5. The summed E-state index contributed by atoms with van der Waals surface area (Å²) in [4.78, 5) is 65.1. The Balaban J connectivity index is 1.15. The van der Waals surface area contributed by atoms with Crippen LogP contribution in [-0.2, 0) is 28.7 Å². The Labute approximate surface area is 230 Å². The molecule has 40 heavy (non-hydrogen) atoms. The van der Waals surface area contributed by atoms with E-state index in [1.54, 1.807) is 24.3 Å². The van der Waals surface area contributed by atoms with Gasteiger partial charge in [-0.2, -0.15) is 0 Å². The van der Waals surface area contributed by atoms with Gasteiger partial charge in [0.1, 0.15) is 6.04 Å². The van der Waals surface area contributed by atoms with Gasteiger partial charge in [0.25, 0.3) is 5.91 Å². The fourth-order valence-electron chi connectivity index (χ4n) is 6.48. The van der Waals surface area contributed by atoms with E-state index in [9.17, 15) is 24.0 Å². The van der Waals surface area contributed by atoms with Gasteiger partial charge in [-0.25, -0.2) is 4.79 Å². The maximum atomic E-state index is 13.8. The summed E-state index contributed by atoms with van der Waals surface area (Å²) in [5, 5.41) is 5.24. The highest BCUT2D eigenvalue weighted by Gasteiger charge is 2.62. The quantitative estimate of drug-likeness (QED) is 0.367. The van der Waals surface area contributed by atoms with Gasteiger partial charge in [-0.05, 0) is 53.4 Å². The van der Waals surface area contributed by atoms with E-state index in [1.807, 2.05) is 48.5 Å². The Morgan fingerprint density at radius 1 is 0.750 bits per heavy atom. The Kier molecular flexibility index (Phi) is 6.21. The largest absolute Gasteiger partial charge is 0.454 e. The number of rotatable bonds is 6. The van der Waals surface area contributed by atoms with Gasteiger partial charge < -0.3 is 15.4 Å². The average Bonchev–Trinajstić information content (AvgIpc) is 3.22. The first-order valence-corrected chi connectivity index (χ1v) is 13.1. The van der Waals surface area contributed by atoms with Gasteiger partial charge in [0.05, 0.1) is 11.8 Å². The molecule has 0 radical (unpaired) electrons. The number of hydrogen-bond donors (Lipinski definition) is 2. The first-order chi connectivity index (χ1) is 19.3. The lowest BCUT2D eigenvalue weighted by Crippen LogP contribution is -2.45. The molecule has 202 valence electrons. The molecule has 3 aromatic rings. The Morgan fingerprint density at radius 3 is 1.60 bits per heavy atom. The Hall–Kier alpha value is -4.79. The van der Waals surface area contributed by atoms with E-state index in [-0.39, 0.29) is 29.6 Å². The van der Waals surface area contributed by atoms with Gasteiger partial charge in [-0.1, -0.05) is 48.5 Å². The van der Waals surface area contributed by atoms with Crippen molar-refractivity contribution in [1.29, 1.82) is 0 Å². The third-order valence-electron chi connectivity index (χ3n) is 8.05. The average molecular weight is 538 g/mol. The molecule has 4 amide bonds. The van der Waals surface area contributed by atoms with Crippen molar-refractivity contribution in [3.8, 4) is 0 Å². The molecule has 7 rings (SSSR count). The molecule has 2 bridgehead atoms. The molecule has 1 heterocycles. The van der Waals surface area contributed by atoms with Crippen LogP contribution in [0.15, 0.2) is 72.8 Å². The smallest absolute Gasteiger partial charge is 0.329 e. The Bertz CT molecular complexity index is 1450. The summed E-state index contributed by atoms with van der Waals surface area (Å²) < 4.78 is 5.22. The molecule has 2 N–H and O–H groups in total. The van der Waals surface area contributed by atoms with Gasteiger partial charge in [-0.15, -0.1) is 0 Å². The summed E-state index contributed by atoms with van der Waals surface area (Å²) in [6.07, 6.45) is 0. The SMILES string of the molecule is CC(=O)Nc1ccc(NC(=O)COC(=O)[C@H](C)N2C(=O)[C@@H]3C4c5ccccc5C(c5ccccc54)[C@H]3C2=O)cc1. The number of carbonyl (C=O) groups excluding carboxylic acids is 5. The zero-order chi connectivity index (χ0) is 28.1. The molecule has 0 saturated carbocycles. The number of anilines is 2. The highest BCUT2D eigenvalue weighted by Crippen LogP contribution is 2.61. The van der Waals surface area contributed by atoms with Crippen LogP contribution in [0.25, 0.3) is 0 Å². The monoisotopic (exact) mass is 537 g/mol. The third-order valence-corrected chi connectivity index (χ3v) is 8.05. The number of amides is 4. The predicted molar refractivity (Wildman–Crippen MR) is 145 cm³/mol. The molecule has 9 nitrogen and oxygen atoms in total. The molecule has 3 aromatic carbocycles. The van der Waals surface area contributed by atoms with Gasteiger partial charge in [0, 0.05) is 30.1 Å². The van der Waals surface area contributed by atoms with E-state index >= 15 is 0 Å². The molecule has 4 aliphatic rings. The normalized spacial score (nSPS) is 22.6. The van der Waals surface area contributed by atoms with E-state index < -0.39 is 36.4 Å². The van der Waals surface area contributed by atoms with Crippen molar-refractivity contribution in [3.63, 3.8) is 0 Å². The number of hydrogen-bond acceptors (Lipinski definition) is 6. The van der Waals surface area contributed by atoms with Crippen molar-refractivity contribution in [1.82, 2.24) is 4.90 Å². The molecule has 3 atom stereocenters.